The molecule has 0 spiro atoms. The molecule has 1 rings (SSSR count). The van der Waals surface area contributed by atoms with Crippen LogP contribution in [0.4, 0.5) is 0 Å². The zero-order valence-corrected chi connectivity index (χ0v) is 6.16. The Hall–Kier alpha value is 0.880. The van der Waals surface area contributed by atoms with E-state index in [1.807, 2.05) is 0 Å². The fraction of sp³-hybridized carbons (Fsp3) is 1.00. The largest absolute Gasteiger partial charge is 0.260 e. The molecule has 0 saturated carbocycles. The van der Waals surface area contributed by atoms with Crippen LogP contribution in [-0.2, 0) is 10.8 Å². The lowest BCUT2D eigenvalue weighted by molar-refractivity contribution is 0.674. The van der Waals surface area contributed by atoms with Gasteiger partial charge in [0.15, 0.2) is 0 Å². The Morgan fingerprint density at radius 3 is 2.17 bits per heavy atom. The van der Waals surface area contributed by atoms with Crippen molar-refractivity contribution < 1.29 is 4.21 Å². The van der Waals surface area contributed by atoms with Gasteiger partial charge >= 0.3 is 0 Å². The van der Waals surface area contributed by atoms with Crippen molar-refractivity contribution in [3.05, 3.63) is 0 Å². The molecule has 1 aliphatic heterocycles. The first-order valence-electron chi connectivity index (χ1n) is 1.78. The van der Waals surface area contributed by atoms with Crippen LogP contribution >= 0.6 is 22.6 Å². The van der Waals surface area contributed by atoms with Crippen LogP contribution in [0, 0.1) is 0 Å². The summed E-state index contributed by atoms with van der Waals surface area (Å²) in [5.74, 6) is 1.86. The first kappa shape index (κ1) is 5.03. The molecule has 0 aromatic rings. The molecule has 0 aromatic carbocycles. The van der Waals surface area contributed by atoms with E-state index in [-0.39, 0.29) is 0 Å². The Morgan fingerprint density at radius 2 is 2.17 bits per heavy atom. The maximum absolute atomic E-state index is 10.2. The molecule has 0 unspecified atom stereocenters. The quantitative estimate of drug-likeness (QED) is 0.427. The van der Waals surface area contributed by atoms with Gasteiger partial charge in [-0.25, -0.2) is 0 Å². The van der Waals surface area contributed by atoms with Crippen molar-refractivity contribution in [3.63, 3.8) is 0 Å². The molecule has 0 aromatic heterocycles. The van der Waals surface area contributed by atoms with Gasteiger partial charge in [-0.05, 0) is 0 Å². The van der Waals surface area contributed by atoms with Gasteiger partial charge in [-0.2, -0.15) is 0 Å². The normalized spacial score (nSPS) is 44.8. The van der Waals surface area contributed by atoms with Gasteiger partial charge < -0.3 is 0 Å². The molecule has 0 aliphatic carbocycles. The molecule has 6 heavy (non-hydrogen) atoms. The Bertz CT molecular complexity index is 74.9. The zero-order valence-electron chi connectivity index (χ0n) is 3.19. The summed E-state index contributed by atoms with van der Waals surface area (Å²) >= 11 is 2.32. The fourth-order valence-corrected chi connectivity index (χ4v) is 3.47. The predicted octanol–water partition coefficient (Wildman–Crippen LogP) is 0.552. The highest BCUT2D eigenvalue weighted by Gasteiger charge is 2.21. The van der Waals surface area contributed by atoms with Gasteiger partial charge in [0.25, 0.3) is 0 Å². The Balaban J connectivity index is 2.28. The van der Waals surface area contributed by atoms with Crippen LogP contribution in [0.15, 0.2) is 0 Å². The van der Waals surface area contributed by atoms with Crippen LogP contribution in [0.2, 0.25) is 0 Å². The molecule has 1 aliphatic rings. The third-order valence-corrected chi connectivity index (χ3v) is 4.36. The summed E-state index contributed by atoms with van der Waals surface area (Å²) in [5, 5.41) is 0. The Labute approximate surface area is 53.1 Å². The average molecular weight is 216 g/mol. The Morgan fingerprint density at radius 1 is 1.67 bits per heavy atom. The third kappa shape index (κ3) is 0.932. The van der Waals surface area contributed by atoms with Crippen molar-refractivity contribution in [3.8, 4) is 0 Å². The van der Waals surface area contributed by atoms with Crippen molar-refractivity contribution in [1.29, 1.82) is 0 Å². The average Bonchev–Trinajstić information content (AvgIpc) is 1.33. The van der Waals surface area contributed by atoms with Crippen LogP contribution in [0.25, 0.3) is 0 Å². The van der Waals surface area contributed by atoms with Gasteiger partial charge in [-0.15, -0.1) is 0 Å². The lowest BCUT2D eigenvalue weighted by Crippen LogP contribution is -2.30. The SMILES string of the molecule is O=S1CC(I)C1. The van der Waals surface area contributed by atoms with Crippen molar-refractivity contribution >= 4 is 33.4 Å². The molecule has 0 atom stereocenters. The summed E-state index contributed by atoms with van der Waals surface area (Å²) < 4.78 is 10.9. The van der Waals surface area contributed by atoms with E-state index in [0.717, 1.165) is 11.5 Å². The number of hydrogen-bond acceptors (Lipinski definition) is 1. The van der Waals surface area contributed by atoms with Crippen molar-refractivity contribution in [2.75, 3.05) is 11.5 Å². The highest BCUT2D eigenvalue weighted by Crippen LogP contribution is 2.14. The summed E-state index contributed by atoms with van der Waals surface area (Å²) in [6.07, 6.45) is 0. The second-order valence-corrected chi connectivity index (χ2v) is 4.68. The topological polar surface area (TPSA) is 17.1 Å². The van der Waals surface area contributed by atoms with Crippen LogP contribution < -0.4 is 0 Å². The number of rotatable bonds is 0. The van der Waals surface area contributed by atoms with Crippen molar-refractivity contribution in [2.24, 2.45) is 0 Å². The second-order valence-electron chi connectivity index (χ2n) is 1.37. The molecular weight excluding hydrogens is 211 g/mol. The van der Waals surface area contributed by atoms with Gasteiger partial charge in [0.2, 0.25) is 0 Å². The fourth-order valence-electron chi connectivity index (χ4n) is 0.355. The summed E-state index contributed by atoms with van der Waals surface area (Å²) in [6, 6.07) is 0. The molecule has 1 nitrogen and oxygen atoms in total. The van der Waals surface area contributed by atoms with Crippen molar-refractivity contribution in [1.82, 2.24) is 0 Å². The minimum atomic E-state index is -0.430. The maximum atomic E-state index is 10.2. The van der Waals surface area contributed by atoms with E-state index in [2.05, 4.69) is 22.6 Å². The highest BCUT2D eigenvalue weighted by atomic mass is 127. The lowest BCUT2D eigenvalue weighted by Gasteiger charge is -2.16. The number of alkyl halides is 1. The first-order chi connectivity index (χ1) is 2.79. The van der Waals surface area contributed by atoms with E-state index in [1.165, 1.54) is 0 Å². The molecule has 3 heteroatoms. The molecule has 0 N–H and O–H groups in total. The number of hydrogen-bond donors (Lipinski definition) is 0. The molecular formula is C3H5IOS. The molecule has 0 bridgehead atoms. The van der Waals surface area contributed by atoms with E-state index in [0.29, 0.717) is 3.92 Å². The minimum absolute atomic E-state index is 0.430. The van der Waals surface area contributed by atoms with E-state index in [1.54, 1.807) is 0 Å². The van der Waals surface area contributed by atoms with Gasteiger partial charge in [0.1, 0.15) is 0 Å². The van der Waals surface area contributed by atoms with Gasteiger partial charge in [0, 0.05) is 26.2 Å². The summed E-state index contributed by atoms with van der Waals surface area (Å²) in [4.78, 5) is 0. The van der Waals surface area contributed by atoms with E-state index < -0.39 is 10.8 Å². The summed E-state index contributed by atoms with van der Waals surface area (Å²) in [5.41, 5.74) is 0. The number of halogens is 1. The van der Waals surface area contributed by atoms with E-state index in [9.17, 15) is 4.21 Å². The first-order valence-corrected chi connectivity index (χ1v) is 4.51. The third-order valence-electron chi connectivity index (χ3n) is 0.733. The predicted molar refractivity (Wildman–Crippen MR) is 35.7 cm³/mol. The minimum Gasteiger partial charge on any atom is -0.260 e. The van der Waals surface area contributed by atoms with Crippen LogP contribution in [0.5, 0.6) is 0 Å². The molecule has 1 fully saturated rings. The van der Waals surface area contributed by atoms with E-state index >= 15 is 0 Å². The van der Waals surface area contributed by atoms with Gasteiger partial charge in [-0.3, -0.25) is 4.21 Å². The van der Waals surface area contributed by atoms with Crippen LogP contribution in [-0.4, -0.2) is 19.6 Å². The molecule has 1 saturated heterocycles. The standard InChI is InChI=1S/C3H5IOS/c4-3-1-6(5)2-3/h3H,1-2H2. The van der Waals surface area contributed by atoms with Gasteiger partial charge in [0.05, 0.1) is 0 Å². The van der Waals surface area contributed by atoms with Crippen LogP contribution in [0.3, 0.4) is 0 Å². The maximum Gasteiger partial charge on any atom is 0.0362 e. The van der Waals surface area contributed by atoms with E-state index in [4.69, 9.17) is 0 Å². The molecule has 36 valence electrons. The summed E-state index contributed by atoms with van der Waals surface area (Å²) in [6.45, 7) is 0. The summed E-state index contributed by atoms with van der Waals surface area (Å²) in [7, 11) is -0.430. The molecule has 0 amide bonds. The monoisotopic (exact) mass is 216 g/mol. The zero-order chi connectivity index (χ0) is 4.57. The second kappa shape index (κ2) is 1.78. The Kier molecular flexibility index (Phi) is 1.49. The van der Waals surface area contributed by atoms with Crippen molar-refractivity contribution in [2.45, 2.75) is 3.92 Å². The molecule has 1 heterocycles. The highest BCUT2D eigenvalue weighted by molar-refractivity contribution is 14.1. The van der Waals surface area contributed by atoms with Gasteiger partial charge in [-0.1, -0.05) is 22.6 Å². The smallest absolute Gasteiger partial charge is 0.0362 e. The van der Waals surface area contributed by atoms with Crippen LogP contribution in [0.1, 0.15) is 0 Å². The lowest BCUT2D eigenvalue weighted by atomic mass is 10.5. The molecule has 0 radical (unpaired) electrons.